The minimum atomic E-state index is -0.470. The molecule has 0 bridgehead atoms. The number of rotatable bonds is 4. The molecule has 4 rings (SSSR count). The maximum Gasteiger partial charge on any atom is 0.267 e. The Kier molecular flexibility index (Phi) is 5.06. The lowest BCUT2D eigenvalue weighted by molar-refractivity contribution is -0.117. The summed E-state index contributed by atoms with van der Waals surface area (Å²) in [4.78, 5) is 32.0. The largest absolute Gasteiger partial charge is 0.369 e. The number of aryl methyl sites for hydroxylation is 2. The number of thiophene rings is 1. The van der Waals surface area contributed by atoms with Crippen LogP contribution in [0.15, 0.2) is 40.3 Å². The summed E-state index contributed by atoms with van der Waals surface area (Å²) in [5, 5.41) is 0.792. The van der Waals surface area contributed by atoms with E-state index < -0.39 is 11.2 Å². The van der Waals surface area contributed by atoms with Gasteiger partial charge in [-0.2, -0.15) is 0 Å². The smallest absolute Gasteiger partial charge is 0.267 e. The molecule has 5 nitrogen and oxygen atoms in total. The fraction of sp³-hybridized carbons (Fsp3) is 0.350. The highest BCUT2D eigenvalue weighted by Gasteiger charge is 2.23. The van der Waals surface area contributed by atoms with Crippen molar-refractivity contribution in [1.29, 1.82) is 0 Å². The molecule has 7 heteroatoms. The number of amides is 1. The Morgan fingerprint density at radius 2 is 1.96 bits per heavy atom. The zero-order valence-corrected chi connectivity index (χ0v) is 16.7. The summed E-state index contributed by atoms with van der Waals surface area (Å²) in [6, 6.07) is 9.48. The minimum absolute atomic E-state index is 0.0511. The second-order valence-corrected chi connectivity index (χ2v) is 9.17. The average molecular weight is 400 g/mol. The van der Waals surface area contributed by atoms with Crippen molar-refractivity contribution in [2.24, 2.45) is 5.73 Å². The molecule has 1 atom stereocenters. The normalized spacial score (nSPS) is 15.3. The zero-order valence-electron chi connectivity index (χ0n) is 15.1. The quantitative estimate of drug-likeness (QED) is 0.412. The van der Waals surface area contributed by atoms with Crippen molar-refractivity contribution in [1.82, 2.24) is 9.55 Å². The van der Waals surface area contributed by atoms with Crippen molar-refractivity contribution in [3.63, 3.8) is 0 Å². The Labute approximate surface area is 165 Å². The predicted octanol–water partition coefficient (Wildman–Crippen LogP) is 3.68. The van der Waals surface area contributed by atoms with E-state index in [9.17, 15) is 9.59 Å². The van der Waals surface area contributed by atoms with E-state index in [0.717, 1.165) is 41.6 Å². The Balaban J connectivity index is 1.98. The number of thioether (sulfide) groups is 1. The average Bonchev–Trinajstić information content (AvgIpc) is 2.84. The lowest BCUT2D eigenvalue weighted by atomic mass is 10.1. The topological polar surface area (TPSA) is 78.0 Å². The molecule has 0 spiro atoms. The van der Waals surface area contributed by atoms with Crippen LogP contribution >= 0.6 is 23.1 Å². The maximum atomic E-state index is 13.5. The van der Waals surface area contributed by atoms with Crippen molar-refractivity contribution in [2.75, 3.05) is 0 Å². The minimum Gasteiger partial charge on any atom is -0.369 e. The molecule has 0 saturated carbocycles. The fourth-order valence-corrected chi connectivity index (χ4v) is 5.64. The molecule has 0 saturated heterocycles. The van der Waals surface area contributed by atoms with Crippen LogP contribution in [0.4, 0.5) is 0 Å². The van der Waals surface area contributed by atoms with E-state index in [1.54, 1.807) is 22.8 Å². The fourth-order valence-electron chi connectivity index (χ4n) is 3.46. The number of nitrogens with zero attached hydrogens (tertiary/aromatic N) is 2. The van der Waals surface area contributed by atoms with Gasteiger partial charge in [0.25, 0.3) is 5.56 Å². The molecule has 2 N–H and O–H groups in total. The van der Waals surface area contributed by atoms with Crippen LogP contribution < -0.4 is 11.3 Å². The number of primary amides is 1. The summed E-state index contributed by atoms with van der Waals surface area (Å²) in [7, 11) is 0. The molecule has 27 heavy (non-hydrogen) atoms. The number of aromatic nitrogens is 2. The van der Waals surface area contributed by atoms with Crippen molar-refractivity contribution in [2.45, 2.75) is 49.4 Å². The number of carbonyl (C=O) groups is 1. The van der Waals surface area contributed by atoms with E-state index in [1.165, 1.54) is 28.6 Å². The van der Waals surface area contributed by atoms with Gasteiger partial charge in [0.05, 0.1) is 16.3 Å². The van der Waals surface area contributed by atoms with Gasteiger partial charge in [0.1, 0.15) is 4.83 Å². The van der Waals surface area contributed by atoms with E-state index in [0.29, 0.717) is 5.16 Å². The second-order valence-electron chi connectivity index (χ2n) is 6.78. The molecule has 0 radical (unpaired) electrons. The Hall–Kier alpha value is -2.12. The lowest BCUT2D eigenvalue weighted by Gasteiger charge is -2.14. The van der Waals surface area contributed by atoms with E-state index in [4.69, 9.17) is 10.7 Å². The molecule has 1 unspecified atom stereocenters. The number of fused-ring (bicyclic) bond motifs is 3. The number of nitrogens with two attached hydrogens (primary N) is 1. The third-order valence-corrected chi connectivity index (χ3v) is 7.16. The summed E-state index contributed by atoms with van der Waals surface area (Å²) in [6.45, 7) is 1.74. The SMILES string of the molecule is CC(Sc1nc2sc3c(c2c(=O)n1-c1ccccc1)CCCCC3)C(N)=O. The predicted molar refractivity (Wildman–Crippen MR) is 111 cm³/mol. The monoisotopic (exact) mass is 399 g/mol. The van der Waals surface area contributed by atoms with Gasteiger partial charge in [-0.1, -0.05) is 36.4 Å². The maximum absolute atomic E-state index is 13.5. The van der Waals surface area contributed by atoms with E-state index in [1.807, 2.05) is 30.3 Å². The Morgan fingerprint density at radius 1 is 1.22 bits per heavy atom. The van der Waals surface area contributed by atoms with Crippen molar-refractivity contribution >= 4 is 39.2 Å². The molecule has 1 aromatic carbocycles. The number of hydrogen-bond donors (Lipinski definition) is 1. The first kappa shape index (κ1) is 18.3. The molecule has 3 aromatic rings. The van der Waals surface area contributed by atoms with Crippen LogP contribution in [-0.4, -0.2) is 20.7 Å². The van der Waals surface area contributed by atoms with E-state index >= 15 is 0 Å². The number of benzene rings is 1. The molecule has 2 aromatic heterocycles. The molecular formula is C20H21N3O2S2. The van der Waals surface area contributed by atoms with Crippen LogP contribution in [0.3, 0.4) is 0 Å². The molecular weight excluding hydrogens is 378 g/mol. The molecule has 0 aliphatic heterocycles. The van der Waals surface area contributed by atoms with Crippen molar-refractivity contribution in [3.05, 3.63) is 51.1 Å². The van der Waals surface area contributed by atoms with Crippen LogP contribution in [0.5, 0.6) is 0 Å². The van der Waals surface area contributed by atoms with Gasteiger partial charge < -0.3 is 5.73 Å². The van der Waals surface area contributed by atoms with Crippen LogP contribution in [0.25, 0.3) is 15.9 Å². The molecule has 1 aliphatic rings. The molecule has 0 fully saturated rings. The second kappa shape index (κ2) is 7.48. The number of para-hydroxylation sites is 1. The zero-order chi connectivity index (χ0) is 19.0. The standard InChI is InChI=1S/C20H21N3O2S2/c1-12(17(21)24)26-20-22-18-16(14-10-6-3-7-11-15(14)27-18)19(25)23(20)13-8-4-2-5-9-13/h2,4-5,8-9,12H,3,6-7,10-11H2,1H3,(H2,21,24). The third-order valence-electron chi connectivity index (χ3n) is 4.91. The highest BCUT2D eigenvalue weighted by atomic mass is 32.2. The van der Waals surface area contributed by atoms with Gasteiger partial charge in [0, 0.05) is 4.88 Å². The van der Waals surface area contributed by atoms with Crippen molar-refractivity contribution < 1.29 is 4.79 Å². The van der Waals surface area contributed by atoms with E-state index in [-0.39, 0.29) is 5.56 Å². The van der Waals surface area contributed by atoms with Crippen LogP contribution in [0, 0.1) is 0 Å². The first-order valence-electron chi connectivity index (χ1n) is 9.15. The highest BCUT2D eigenvalue weighted by Crippen LogP contribution is 2.35. The first-order valence-corrected chi connectivity index (χ1v) is 10.8. The van der Waals surface area contributed by atoms with Gasteiger partial charge in [0.2, 0.25) is 5.91 Å². The molecule has 1 aliphatic carbocycles. The van der Waals surface area contributed by atoms with Gasteiger partial charge in [-0.05, 0) is 50.3 Å². The third kappa shape index (κ3) is 3.41. The lowest BCUT2D eigenvalue weighted by Crippen LogP contribution is -2.26. The molecule has 140 valence electrons. The number of carbonyl (C=O) groups excluding carboxylic acids is 1. The summed E-state index contributed by atoms with van der Waals surface area (Å²) in [5.41, 5.74) is 7.33. The molecule has 2 heterocycles. The van der Waals surface area contributed by atoms with Gasteiger partial charge in [-0.25, -0.2) is 4.98 Å². The van der Waals surface area contributed by atoms with Crippen LogP contribution in [0.1, 0.15) is 36.6 Å². The summed E-state index contributed by atoms with van der Waals surface area (Å²) < 4.78 is 1.63. The van der Waals surface area contributed by atoms with Gasteiger partial charge >= 0.3 is 0 Å². The van der Waals surface area contributed by atoms with Crippen LogP contribution in [0.2, 0.25) is 0 Å². The summed E-state index contributed by atoms with van der Waals surface area (Å²) in [5.74, 6) is -0.420. The summed E-state index contributed by atoms with van der Waals surface area (Å²) >= 11 is 2.86. The van der Waals surface area contributed by atoms with Gasteiger partial charge in [-0.3, -0.25) is 14.2 Å². The molecule has 1 amide bonds. The Morgan fingerprint density at radius 3 is 2.70 bits per heavy atom. The van der Waals surface area contributed by atoms with Gasteiger partial charge in [-0.15, -0.1) is 11.3 Å². The summed E-state index contributed by atoms with van der Waals surface area (Å²) in [6.07, 6.45) is 5.42. The van der Waals surface area contributed by atoms with E-state index in [2.05, 4.69) is 0 Å². The number of hydrogen-bond acceptors (Lipinski definition) is 5. The van der Waals surface area contributed by atoms with Gasteiger partial charge in [0.15, 0.2) is 5.16 Å². The highest BCUT2D eigenvalue weighted by molar-refractivity contribution is 8.00. The first-order chi connectivity index (χ1) is 13.1. The van der Waals surface area contributed by atoms with Crippen molar-refractivity contribution in [3.8, 4) is 5.69 Å². The van der Waals surface area contributed by atoms with Crippen LogP contribution in [-0.2, 0) is 17.6 Å². The Bertz CT molecular complexity index is 1060.